The number of phosphoric ester groups is 5. The van der Waals surface area contributed by atoms with Crippen LogP contribution >= 0.6 is 39.1 Å². The molecule has 6 heterocycles. The standard InChI is InChI=1S/C77H143O45P5/c1-50-51(2)74(118-60(41-78)69(50)85)103-44-54(81)26-17-11-8-14-20-29-100-66-38-57(84)63(115-66)47-112-123(90,91)108-34-24-36-110-126(96,97)122-59-40-68(102-31-22-16-10-13-19-28-56(83)46-105-76-53(4)71(87)73(89)62(43-80)120-76)117-65(59)49-114-125(94,95)109-35-25-37-111-127(98,99)121-58-39-67(116-64(58)48-113-124(92,93)107-33-23-32-106-77(5,6)7)101-30-21-15-9-12-18-27-55(82)45-104-75-52(3)70(86)72(88)61(42-79)119-75/h50-53,57-76,78-80,84-89H,8-49H2,1-7H3,(H,90,91)(H,92,93)(H,94,95)(H,96,97)(H,98,99)/t50-,51?,52?,53?,57?,58?,59?,60?,61?,62?,63-,64-,65-,66-,67-,68-,69-,70-,71-,72+,73+,74-,75-,76-/m1/s1. The van der Waals surface area contributed by atoms with Crippen molar-refractivity contribution in [2.24, 2.45) is 23.7 Å². The van der Waals surface area contributed by atoms with Gasteiger partial charge in [-0.2, -0.15) is 0 Å². The minimum atomic E-state index is -5.06. The van der Waals surface area contributed by atoms with Crippen molar-refractivity contribution in [2.45, 2.75) is 331 Å². The quantitative estimate of drug-likeness (QED) is 0.0267. The molecule has 0 saturated carbocycles. The van der Waals surface area contributed by atoms with Crippen molar-refractivity contribution < 1.29 is 214 Å². The summed E-state index contributed by atoms with van der Waals surface area (Å²) in [5.41, 5.74) is -0.473. The summed E-state index contributed by atoms with van der Waals surface area (Å²) in [5, 5.41) is 90.2. The number of ketones is 3. The van der Waals surface area contributed by atoms with E-state index in [0.29, 0.717) is 83.5 Å². The zero-order chi connectivity index (χ0) is 93.6. The number of hydrogen-bond donors (Lipinski definition) is 14. The predicted molar refractivity (Wildman–Crippen MR) is 440 cm³/mol. The van der Waals surface area contributed by atoms with Crippen LogP contribution in [0.5, 0.6) is 0 Å². The van der Waals surface area contributed by atoms with E-state index in [9.17, 15) is 108 Å². The highest BCUT2D eigenvalue weighted by atomic mass is 31.2. The molecular formula is C77H143O45P5. The molecule has 0 aromatic heterocycles. The summed E-state index contributed by atoms with van der Waals surface area (Å²) in [5.74, 6) is -2.22. The van der Waals surface area contributed by atoms with Gasteiger partial charge < -0.3 is 132 Å². The van der Waals surface area contributed by atoms with Crippen LogP contribution in [-0.4, -0.2) is 335 Å². The number of phosphoric acid groups is 5. The number of carbonyl (C=O) groups excluding carboxylic acids is 3. The van der Waals surface area contributed by atoms with Crippen LogP contribution in [0, 0.1) is 23.7 Å². The Morgan fingerprint density at radius 2 is 0.614 bits per heavy atom. The molecule has 0 aromatic carbocycles. The minimum Gasteiger partial charge on any atom is -0.394 e. The smallest absolute Gasteiger partial charge is 0.394 e. The Bertz CT molecular complexity index is 3350. The topological polar surface area (TPSA) is 632 Å². The third-order valence-corrected chi connectivity index (χ3v) is 27.0. The Labute approximate surface area is 741 Å². The molecule has 6 saturated heterocycles. The molecule has 127 heavy (non-hydrogen) atoms. The van der Waals surface area contributed by atoms with E-state index in [1.807, 2.05) is 34.6 Å². The molecule has 0 aliphatic carbocycles. The Morgan fingerprint density at radius 3 is 0.969 bits per heavy atom. The first kappa shape index (κ1) is 114. The molecule has 45 nitrogen and oxygen atoms in total. The van der Waals surface area contributed by atoms with Crippen LogP contribution in [0.3, 0.4) is 0 Å². The molecule has 0 aromatic rings. The first-order valence-electron chi connectivity index (χ1n) is 43.9. The maximum Gasteiger partial charge on any atom is 0.472 e. The summed E-state index contributed by atoms with van der Waals surface area (Å²) in [6.07, 6.45) is -12.6. The molecule has 746 valence electrons. The molecule has 6 aliphatic heterocycles. The van der Waals surface area contributed by atoms with Crippen LogP contribution < -0.4 is 0 Å². The maximum absolute atomic E-state index is 13.4. The first-order valence-corrected chi connectivity index (χ1v) is 51.4. The van der Waals surface area contributed by atoms with Crippen molar-refractivity contribution in [3.05, 3.63) is 0 Å². The highest BCUT2D eigenvalue weighted by Crippen LogP contribution is 2.52. The zero-order valence-electron chi connectivity index (χ0n) is 73.7. The lowest BCUT2D eigenvalue weighted by molar-refractivity contribution is -0.280. The van der Waals surface area contributed by atoms with Gasteiger partial charge in [-0.25, -0.2) is 22.8 Å². The van der Waals surface area contributed by atoms with E-state index in [0.717, 1.165) is 19.3 Å². The summed E-state index contributed by atoms with van der Waals surface area (Å²) in [7, 11) is -24.7. The van der Waals surface area contributed by atoms with Gasteiger partial charge in [-0.1, -0.05) is 85.5 Å². The third-order valence-electron chi connectivity index (χ3n) is 21.9. The van der Waals surface area contributed by atoms with E-state index in [-0.39, 0.29) is 140 Å². The van der Waals surface area contributed by atoms with Crippen molar-refractivity contribution in [3.63, 3.8) is 0 Å². The van der Waals surface area contributed by atoms with Gasteiger partial charge >= 0.3 is 39.1 Å². The third kappa shape index (κ3) is 43.9. The molecular weight excluding hydrogens is 1800 g/mol. The maximum atomic E-state index is 13.4. The second-order valence-corrected chi connectivity index (χ2v) is 40.7. The Balaban J connectivity index is 0.910. The van der Waals surface area contributed by atoms with E-state index in [1.165, 1.54) is 0 Å². The van der Waals surface area contributed by atoms with Gasteiger partial charge in [0.25, 0.3) is 0 Å². The van der Waals surface area contributed by atoms with Crippen LogP contribution in [-0.2, 0) is 144 Å². The first-order chi connectivity index (χ1) is 60.0. The Kier molecular flexibility index (Phi) is 52.6. The Hall–Kier alpha value is -1.32. The summed E-state index contributed by atoms with van der Waals surface area (Å²) in [6, 6.07) is 0. The normalized spacial score (nSPS) is 32.6. The molecule has 0 spiro atoms. The molecule has 0 amide bonds. The lowest BCUT2D eigenvalue weighted by atomic mass is 9.85. The zero-order valence-corrected chi connectivity index (χ0v) is 78.2. The van der Waals surface area contributed by atoms with E-state index in [2.05, 4.69) is 0 Å². The lowest BCUT2D eigenvalue weighted by Crippen LogP contribution is -2.55. The molecule has 29 atom stereocenters. The SMILES string of the molecule is CC1[C@H](OCC(=O)CCCCCCCO[C@H]2CC(O)[C@@H](COP(=O)(O)OCCCOP(=O)(O)OC3C[C@H](OCCCCCCCC(=O)CO[C@@H]4OC(CO)[C@H](O)[C@H](O)C4C)O[C@@H]3COP(=O)(O)OCCCOP(=O)(O)OC3C[C@H](OCCCCCCCC(=O)CO[C@@H]4OC(CO)[C@H](O)[C@H](O)C4C)O[C@@H]3COP(=O)(O)OCCCOC(C)(C)C)O2)OC(CO)[C@H](O)[C@@H]1C. The highest BCUT2D eigenvalue weighted by Gasteiger charge is 2.49. The van der Waals surface area contributed by atoms with Crippen LogP contribution in [0.2, 0.25) is 0 Å². The molecule has 6 rings (SSSR count). The number of aliphatic hydroxyl groups excluding tert-OH is 9. The largest absolute Gasteiger partial charge is 0.472 e. The number of carbonyl (C=O) groups is 3. The van der Waals surface area contributed by atoms with Crippen LogP contribution in [0.15, 0.2) is 0 Å². The summed E-state index contributed by atoms with van der Waals surface area (Å²) in [4.78, 5) is 91.2. The predicted octanol–water partition coefficient (Wildman–Crippen LogP) is 5.41. The second-order valence-electron chi connectivity index (χ2n) is 33.6. The number of ether oxygens (including phenoxy) is 13. The number of hydrogen-bond acceptors (Lipinski definition) is 40. The van der Waals surface area contributed by atoms with Gasteiger partial charge in [0.2, 0.25) is 0 Å². The van der Waals surface area contributed by atoms with Gasteiger partial charge in [0.1, 0.15) is 80.9 Å². The monoisotopic (exact) mass is 1940 g/mol. The fourth-order valence-corrected chi connectivity index (χ4v) is 18.5. The van der Waals surface area contributed by atoms with Gasteiger partial charge in [0.15, 0.2) is 55.1 Å². The van der Waals surface area contributed by atoms with E-state index >= 15 is 0 Å². The van der Waals surface area contributed by atoms with Crippen molar-refractivity contribution in [1.29, 1.82) is 0 Å². The average Bonchev–Trinajstić information content (AvgIpc) is 1.82. The van der Waals surface area contributed by atoms with Gasteiger partial charge in [0.05, 0.1) is 103 Å². The van der Waals surface area contributed by atoms with Crippen molar-refractivity contribution >= 4 is 56.5 Å². The summed E-state index contributed by atoms with van der Waals surface area (Å²) >= 11 is 0. The molecule has 14 unspecified atom stereocenters. The molecule has 14 N–H and O–H groups in total. The summed E-state index contributed by atoms with van der Waals surface area (Å²) < 4.78 is 192. The molecule has 6 fully saturated rings. The van der Waals surface area contributed by atoms with Crippen molar-refractivity contribution in [3.8, 4) is 0 Å². The fraction of sp³-hybridized carbons (Fsp3) is 0.961. The van der Waals surface area contributed by atoms with Crippen molar-refractivity contribution in [2.75, 3.05) is 119 Å². The van der Waals surface area contributed by atoms with Crippen LogP contribution in [0.25, 0.3) is 0 Å². The number of unbranched alkanes of at least 4 members (excludes halogenated alkanes) is 12. The lowest BCUT2D eigenvalue weighted by Gasteiger charge is -2.41. The molecule has 0 radical (unpaired) electrons. The number of aliphatic hydroxyl groups is 9. The number of rotatable bonds is 69. The van der Waals surface area contributed by atoms with Gasteiger partial charge in [-0.15, -0.1) is 0 Å². The van der Waals surface area contributed by atoms with Gasteiger partial charge in [-0.05, 0) is 84.5 Å². The molecule has 50 heteroatoms. The molecule has 6 aliphatic rings. The van der Waals surface area contributed by atoms with Gasteiger partial charge in [0, 0.05) is 82.7 Å². The fourth-order valence-electron chi connectivity index (χ4n) is 14.2. The van der Waals surface area contributed by atoms with E-state index in [1.54, 1.807) is 13.8 Å². The van der Waals surface area contributed by atoms with Crippen LogP contribution in [0.4, 0.5) is 0 Å². The van der Waals surface area contributed by atoms with Gasteiger partial charge in [-0.3, -0.25) is 59.6 Å². The van der Waals surface area contributed by atoms with E-state index < -0.39 is 239 Å². The molecule has 0 bridgehead atoms. The van der Waals surface area contributed by atoms with E-state index in [4.69, 9.17) is 107 Å². The minimum absolute atomic E-state index is 0.0477. The summed E-state index contributed by atoms with van der Waals surface area (Å²) in [6.45, 7) is 6.17. The number of Topliss-reactive ketones (excluding diaryl/α,β-unsaturated/α-hetero) is 3. The van der Waals surface area contributed by atoms with Crippen molar-refractivity contribution in [1.82, 2.24) is 0 Å². The second kappa shape index (κ2) is 58.4. The average molecular weight is 1940 g/mol. The Morgan fingerprint density at radius 1 is 0.315 bits per heavy atom. The highest BCUT2D eigenvalue weighted by molar-refractivity contribution is 7.48. The van der Waals surface area contributed by atoms with Crippen LogP contribution in [0.1, 0.15) is 203 Å².